The fourth-order valence-corrected chi connectivity index (χ4v) is 2.96. The van der Waals surface area contributed by atoms with Crippen molar-refractivity contribution in [2.45, 2.75) is 0 Å². The molecular formula is C15H16IN3. The number of benzene rings is 1. The maximum Gasteiger partial charge on any atom is 0.109 e. The van der Waals surface area contributed by atoms with Crippen molar-refractivity contribution in [3.63, 3.8) is 0 Å². The fourth-order valence-electron chi connectivity index (χ4n) is 2.35. The van der Waals surface area contributed by atoms with Crippen LogP contribution in [0.3, 0.4) is 0 Å². The van der Waals surface area contributed by atoms with Gasteiger partial charge < -0.3 is 10.2 Å². The second-order valence-corrected chi connectivity index (χ2v) is 5.66. The Labute approximate surface area is 127 Å². The fraction of sp³-hybridized carbons (Fsp3) is 0.267. The summed E-state index contributed by atoms with van der Waals surface area (Å²) in [5.41, 5.74) is 3.68. The molecule has 98 valence electrons. The van der Waals surface area contributed by atoms with E-state index in [1.807, 2.05) is 12.3 Å². The minimum absolute atomic E-state index is 1.05. The van der Waals surface area contributed by atoms with Gasteiger partial charge in [0, 0.05) is 31.7 Å². The Bertz CT molecular complexity index is 551. The predicted octanol–water partition coefficient (Wildman–Crippen LogP) is 2.76. The van der Waals surface area contributed by atoms with Gasteiger partial charge in [-0.15, -0.1) is 0 Å². The van der Waals surface area contributed by atoms with Crippen LogP contribution in [-0.4, -0.2) is 31.2 Å². The molecular weight excluding hydrogens is 349 g/mol. The molecule has 1 aliphatic rings. The minimum atomic E-state index is 1.05. The van der Waals surface area contributed by atoms with Crippen LogP contribution in [0.25, 0.3) is 11.1 Å². The normalized spacial score (nSPS) is 15.5. The third kappa shape index (κ3) is 2.90. The monoisotopic (exact) mass is 365 g/mol. The van der Waals surface area contributed by atoms with Gasteiger partial charge in [-0.05, 0) is 34.2 Å². The van der Waals surface area contributed by atoms with Crippen LogP contribution in [-0.2, 0) is 0 Å². The van der Waals surface area contributed by atoms with E-state index in [-0.39, 0.29) is 0 Å². The molecule has 0 aliphatic carbocycles. The van der Waals surface area contributed by atoms with E-state index in [4.69, 9.17) is 0 Å². The molecule has 1 fully saturated rings. The highest BCUT2D eigenvalue weighted by atomic mass is 127. The lowest BCUT2D eigenvalue weighted by molar-refractivity contribution is 0.588. The van der Waals surface area contributed by atoms with E-state index < -0.39 is 0 Å². The lowest BCUT2D eigenvalue weighted by Gasteiger charge is -2.29. The van der Waals surface area contributed by atoms with E-state index in [1.165, 1.54) is 16.8 Å². The molecule has 1 saturated heterocycles. The molecule has 0 unspecified atom stereocenters. The Balaban J connectivity index is 1.96. The van der Waals surface area contributed by atoms with E-state index in [2.05, 4.69) is 68.1 Å². The summed E-state index contributed by atoms with van der Waals surface area (Å²) >= 11 is 2.31. The van der Waals surface area contributed by atoms with Crippen molar-refractivity contribution < 1.29 is 0 Å². The van der Waals surface area contributed by atoms with Crippen molar-refractivity contribution in [3.05, 3.63) is 46.3 Å². The number of nitrogens with one attached hydrogen (secondary N) is 1. The van der Waals surface area contributed by atoms with Gasteiger partial charge in [-0.3, -0.25) is 0 Å². The summed E-state index contributed by atoms with van der Waals surface area (Å²) in [4.78, 5) is 6.95. The molecule has 4 heteroatoms. The van der Waals surface area contributed by atoms with E-state index in [9.17, 15) is 0 Å². The zero-order valence-corrected chi connectivity index (χ0v) is 12.8. The molecule has 0 saturated carbocycles. The predicted molar refractivity (Wildman–Crippen MR) is 87.5 cm³/mol. The van der Waals surface area contributed by atoms with Crippen molar-refractivity contribution in [3.8, 4) is 11.1 Å². The number of halogens is 1. The molecule has 1 N–H and O–H groups in total. The number of pyridine rings is 1. The Hall–Kier alpha value is -1.14. The number of rotatable bonds is 2. The van der Waals surface area contributed by atoms with E-state index in [1.54, 1.807) is 0 Å². The summed E-state index contributed by atoms with van der Waals surface area (Å²) in [7, 11) is 0. The van der Waals surface area contributed by atoms with Gasteiger partial charge in [-0.25, -0.2) is 4.98 Å². The first-order valence-corrected chi connectivity index (χ1v) is 7.59. The number of hydrogen-bond donors (Lipinski definition) is 1. The maximum absolute atomic E-state index is 4.56. The molecule has 2 heterocycles. The number of aromatic nitrogens is 1. The standard InChI is InChI=1S/C15H16IN3/c16-15-14(12-4-2-1-3-5-12)10-13(11-18-15)19-8-6-17-7-9-19/h1-5,10-11,17H,6-9H2. The number of nitrogens with zero attached hydrogens (tertiary/aromatic N) is 2. The molecule has 3 nitrogen and oxygen atoms in total. The number of piperazine rings is 1. The topological polar surface area (TPSA) is 28.2 Å². The van der Waals surface area contributed by atoms with Crippen LogP contribution in [0.1, 0.15) is 0 Å². The Morgan fingerprint density at radius 3 is 2.58 bits per heavy atom. The van der Waals surface area contributed by atoms with Crippen molar-refractivity contribution >= 4 is 28.3 Å². The van der Waals surface area contributed by atoms with E-state index in [0.29, 0.717) is 0 Å². The summed E-state index contributed by atoms with van der Waals surface area (Å²) in [5, 5.41) is 3.38. The molecule has 2 aromatic rings. The highest BCUT2D eigenvalue weighted by molar-refractivity contribution is 14.1. The molecule has 0 amide bonds. The van der Waals surface area contributed by atoms with E-state index in [0.717, 1.165) is 29.9 Å². The van der Waals surface area contributed by atoms with Crippen LogP contribution in [0.4, 0.5) is 5.69 Å². The van der Waals surface area contributed by atoms with Gasteiger partial charge in [-0.1, -0.05) is 30.3 Å². The quantitative estimate of drug-likeness (QED) is 0.655. The Morgan fingerprint density at radius 2 is 1.84 bits per heavy atom. The molecule has 0 bridgehead atoms. The van der Waals surface area contributed by atoms with Crippen LogP contribution in [0, 0.1) is 3.70 Å². The van der Waals surface area contributed by atoms with Crippen LogP contribution in [0.5, 0.6) is 0 Å². The third-order valence-electron chi connectivity index (χ3n) is 3.39. The molecule has 19 heavy (non-hydrogen) atoms. The SMILES string of the molecule is Ic1ncc(N2CCNCC2)cc1-c1ccccc1. The first kappa shape index (κ1) is 12.9. The zero-order valence-electron chi connectivity index (χ0n) is 10.6. The molecule has 1 aromatic heterocycles. The van der Waals surface area contributed by atoms with Gasteiger partial charge >= 0.3 is 0 Å². The summed E-state index contributed by atoms with van der Waals surface area (Å²) in [6.07, 6.45) is 1.99. The Morgan fingerprint density at radius 1 is 1.11 bits per heavy atom. The lowest BCUT2D eigenvalue weighted by Crippen LogP contribution is -2.43. The number of anilines is 1. The summed E-state index contributed by atoms with van der Waals surface area (Å²) in [5.74, 6) is 0. The zero-order chi connectivity index (χ0) is 13.1. The first-order valence-electron chi connectivity index (χ1n) is 6.51. The average molecular weight is 365 g/mol. The molecule has 1 aliphatic heterocycles. The first-order chi connectivity index (χ1) is 9.34. The Kier molecular flexibility index (Phi) is 3.98. The second-order valence-electron chi connectivity index (χ2n) is 4.63. The van der Waals surface area contributed by atoms with Gasteiger partial charge in [0.15, 0.2) is 0 Å². The lowest BCUT2D eigenvalue weighted by atomic mass is 10.1. The van der Waals surface area contributed by atoms with Gasteiger partial charge in [0.2, 0.25) is 0 Å². The highest BCUT2D eigenvalue weighted by Gasteiger charge is 2.13. The maximum atomic E-state index is 4.56. The largest absolute Gasteiger partial charge is 0.368 e. The van der Waals surface area contributed by atoms with Gasteiger partial charge in [0.1, 0.15) is 3.70 Å². The highest BCUT2D eigenvalue weighted by Crippen LogP contribution is 2.27. The van der Waals surface area contributed by atoms with Crippen LogP contribution in [0.2, 0.25) is 0 Å². The van der Waals surface area contributed by atoms with Crippen molar-refractivity contribution in [1.82, 2.24) is 10.3 Å². The average Bonchev–Trinajstić information content (AvgIpc) is 2.49. The van der Waals surface area contributed by atoms with Crippen molar-refractivity contribution in [1.29, 1.82) is 0 Å². The summed E-state index contributed by atoms with van der Waals surface area (Å²) < 4.78 is 1.06. The molecule has 1 aromatic carbocycles. The van der Waals surface area contributed by atoms with Crippen LogP contribution >= 0.6 is 22.6 Å². The van der Waals surface area contributed by atoms with Gasteiger partial charge in [0.25, 0.3) is 0 Å². The number of hydrogen-bond acceptors (Lipinski definition) is 3. The van der Waals surface area contributed by atoms with Crippen molar-refractivity contribution in [2.24, 2.45) is 0 Å². The molecule has 0 atom stereocenters. The minimum Gasteiger partial charge on any atom is -0.368 e. The van der Waals surface area contributed by atoms with Gasteiger partial charge in [0.05, 0.1) is 11.9 Å². The third-order valence-corrected chi connectivity index (χ3v) is 4.25. The second kappa shape index (κ2) is 5.88. The van der Waals surface area contributed by atoms with Crippen LogP contribution < -0.4 is 10.2 Å². The molecule has 0 spiro atoms. The van der Waals surface area contributed by atoms with Gasteiger partial charge in [-0.2, -0.15) is 0 Å². The van der Waals surface area contributed by atoms with Crippen LogP contribution in [0.15, 0.2) is 42.6 Å². The van der Waals surface area contributed by atoms with E-state index >= 15 is 0 Å². The summed E-state index contributed by atoms with van der Waals surface area (Å²) in [6.45, 7) is 4.20. The molecule has 3 rings (SSSR count). The van der Waals surface area contributed by atoms with Crippen molar-refractivity contribution in [2.75, 3.05) is 31.1 Å². The smallest absolute Gasteiger partial charge is 0.109 e. The summed E-state index contributed by atoms with van der Waals surface area (Å²) in [6, 6.07) is 12.7. The molecule has 0 radical (unpaired) electrons.